The van der Waals surface area contributed by atoms with E-state index in [-0.39, 0.29) is 45.6 Å². The number of aromatic hydroxyl groups is 1. The first-order valence-electron chi connectivity index (χ1n) is 9.41. The van der Waals surface area contributed by atoms with Crippen LogP contribution in [-0.4, -0.2) is 62.4 Å². The maximum Gasteiger partial charge on any atom is 0.547 e. The minimum absolute atomic E-state index is 0.0488. The Bertz CT molecular complexity index is 1150. The van der Waals surface area contributed by atoms with E-state index < -0.39 is 36.4 Å². The van der Waals surface area contributed by atoms with Crippen molar-refractivity contribution < 1.29 is 39.1 Å². The molecule has 0 radical (unpaired) electrons. The first-order chi connectivity index (χ1) is 15.4. The van der Waals surface area contributed by atoms with Crippen LogP contribution < -0.4 is 21.4 Å². The molecule has 1 aliphatic rings. The molecule has 1 unspecified atom stereocenters. The molecule has 2 aromatic rings. The molecule has 33 heavy (non-hydrogen) atoms. The number of primary amides is 1. The van der Waals surface area contributed by atoms with Gasteiger partial charge in [-0.1, -0.05) is 5.16 Å². The summed E-state index contributed by atoms with van der Waals surface area (Å²) in [6.45, 7) is 2.71. The van der Waals surface area contributed by atoms with Crippen molar-refractivity contribution in [3.8, 4) is 11.5 Å². The highest BCUT2D eigenvalue weighted by atomic mass is 32.1. The molecule has 2 heterocycles. The van der Waals surface area contributed by atoms with Gasteiger partial charge >= 0.3 is 13.1 Å². The summed E-state index contributed by atoms with van der Waals surface area (Å²) in [6, 6.07) is 2.25. The van der Waals surface area contributed by atoms with Gasteiger partial charge in [-0.15, -0.1) is 11.3 Å². The number of fused-ring (bicyclic) bond motifs is 1. The molecule has 8 N–H and O–H groups in total. The number of nitrogens with two attached hydrogens (primary N) is 2. The number of benzene rings is 1. The Balaban J connectivity index is 1.88. The third-order valence-corrected chi connectivity index (χ3v) is 5.33. The van der Waals surface area contributed by atoms with Crippen molar-refractivity contribution in [1.82, 2.24) is 10.3 Å². The van der Waals surface area contributed by atoms with E-state index >= 15 is 0 Å². The smallest absolute Gasteiger partial charge is 0.534 e. The number of hydrogen-bond donors (Lipinski definition) is 6. The van der Waals surface area contributed by atoms with E-state index in [2.05, 4.69) is 15.5 Å². The van der Waals surface area contributed by atoms with Crippen molar-refractivity contribution in [2.45, 2.75) is 31.8 Å². The van der Waals surface area contributed by atoms with Gasteiger partial charge in [0.05, 0.1) is 5.94 Å². The van der Waals surface area contributed by atoms with Crippen LogP contribution in [-0.2, 0) is 20.8 Å². The number of carboxylic acids is 1. The minimum atomic E-state index is -1.62. The Labute approximate surface area is 191 Å². The van der Waals surface area contributed by atoms with E-state index in [1.54, 1.807) is 0 Å². The van der Waals surface area contributed by atoms with Gasteiger partial charge in [0.15, 0.2) is 10.8 Å². The Hall–Kier alpha value is -3.85. The predicted octanol–water partition coefficient (Wildman–Crippen LogP) is -0.747. The summed E-state index contributed by atoms with van der Waals surface area (Å²) in [5.74, 6) is -4.54. The molecule has 174 valence electrons. The standard InChI is InChI=1S/C18H20BN5O8S/c1-18(2,16(20)29)32-24-12(10-6-33-17(21)22-10)14(26)23-11-4-7-3-8(25)5-9(15(27)28)13(7)31-19(11)30/h3,5-6,11,25,30H,4H2,1-2H3,(H2,20,29)(H2,21,22)(H,23,26)(H,27,28). The van der Waals surface area contributed by atoms with Gasteiger partial charge < -0.3 is 41.5 Å². The van der Waals surface area contributed by atoms with Gasteiger partial charge in [-0.05, 0) is 38.0 Å². The van der Waals surface area contributed by atoms with E-state index in [4.69, 9.17) is 21.0 Å². The number of anilines is 1. The highest BCUT2D eigenvalue weighted by molar-refractivity contribution is 7.13. The molecule has 0 spiro atoms. The average Bonchev–Trinajstić information content (AvgIpc) is 3.14. The second-order valence-corrected chi connectivity index (χ2v) is 8.45. The number of carboxylic acid groups (broad SMARTS) is 1. The number of nitrogens with one attached hydrogen (secondary N) is 1. The van der Waals surface area contributed by atoms with Crippen molar-refractivity contribution in [2.75, 3.05) is 5.73 Å². The minimum Gasteiger partial charge on any atom is -0.534 e. The van der Waals surface area contributed by atoms with Crippen molar-refractivity contribution in [3.05, 3.63) is 34.3 Å². The molecule has 2 amide bonds. The van der Waals surface area contributed by atoms with Crippen molar-refractivity contribution in [2.24, 2.45) is 10.9 Å². The molecule has 3 rings (SSSR count). The highest BCUT2D eigenvalue weighted by Gasteiger charge is 2.39. The van der Waals surface area contributed by atoms with E-state index in [1.165, 1.54) is 25.3 Å². The van der Waals surface area contributed by atoms with Crippen LogP contribution in [0.15, 0.2) is 22.7 Å². The van der Waals surface area contributed by atoms with Gasteiger partial charge in [0.25, 0.3) is 11.8 Å². The number of thiazole rings is 1. The SMILES string of the molecule is CC(C)(ON=C(C(=O)NC1Cc2cc(O)cc(C(=O)O)c2OB1O)c1csc(N)n1)C(N)=O. The molecule has 1 aromatic carbocycles. The molecule has 1 aliphatic heterocycles. The molecule has 1 atom stereocenters. The van der Waals surface area contributed by atoms with E-state index in [9.17, 15) is 29.6 Å². The van der Waals surface area contributed by atoms with Crippen molar-refractivity contribution in [1.29, 1.82) is 0 Å². The van der Waals surface area contributed by atoms with Gasteiger partial charge in [0.1, 0.15) is 22.8 Å². The van der Waals surface area contributed by atoms with Crippen LogP contribution in [0.3, 0.4) is 0 Å². The molecule has 15 heteroatoms. The summed E-state index contributed by atoms with van der Waals surface area (Å²) >= 11 is 1.03. The number of aromatic nitrogens is 1. The topological polar surface area (TPSA) is 220 Å². The molecule has 0 aliphatic carbocycles. The van der Waals surface area contributed by atoms with Gasteiger partial charge in [-0.2, -0.15) is 0 Å². The van der Waals surface area contributed by atoms with Crippen LogP contribution in [0.2, 0.25) is 0 Å². The fourth-order valence-electron chi connectivity index (χ4n) is 2.83. The first-order valence-corrected chi connectivity index (χ1v) is 10.3. The maximum atomic E-state index is 13.0. The monoisotopic (exact) mass is 477 g/mol. The van der Waals surface area contributed by atoms with E-state index in [1.807, 2.05) is 0 Å². The fourth-order valence-corrected chi connectivity index (χ4v) is 3.37. The van der Waals surface area contributed by atoms with E-state index in [0.717, 1.165) is 17.4 Å². The lowest BCUT2D eigenvalue weighted by molar-refractivity contribution is -0.139. The fraction of sp³-hybridized carbons (Fsp3) is 0.278. The third kappa shape index (κ3) is 5.15. The zero-order valence-corrected chi connectivity index (χ0v) is 18.3. The highest BCUT2D eigenvalue weighted by Crippen LogP contribution is 2.33. The van der Waals surface area contributed by atoms with Crippen LogP contribution in [0.5, 0.6) is 11.5 Å². The third-order valence-electron chi connectivity index (χ3n) is 4.66. The van der Waals surface area contributed by atoms with Crippen LogP contribution >= 0.6 is 11.3 Å². The predicted molar refractivity (Wildman–Crippen MR) is 117 cm³/mol. The number of hydrogen-bond acceptors (Lipinski definition) is 11. The zero-order valence-electron chi connectivity index (χ0n) is 17.4. The summed E-state index contributed by atoms with van der Waals surface area (Å²) in [7, 11) is -1.62. The molecule has 13 nitrogen and oxygen atoms in total. The number of oxime groups is 1. The average molecular weight is 477 g/mol. The zero-order chi connectivity index (χ0) is 24.5. The molecule has 0 fully saturated rings. The molecule has 0 saturated heterocycles. The number of phenolic OH excluding ortho intramolecular Hbond substituents is 1. The normalized spacial score (nSPS) is 15.9. The largest absolute Gasteiger partial charge is 0.547 e. The Morgan fingerprint density at radius 2 is 2.09 bits per heavy atom. The summed E-state index contributed by atoms with van der Waals surface area (Å²) in [6.07, 6.45) is -0.0724. The Morgan fingerprint density at radius 1 is 1.39 bits per heavy atom. The quantitative estimate of drug-likeness (QED) is 0.166. The Kier molecular flexibility index (Phi) is 6.46. The van der Waals surface area contributed by atoms with Gasteiger partial charge in [0.2, 0.25) is 5.60 Å². The summed E-state index contributed by atoms with van der Waals surface area (Å²) in [5, 5.41) is 37.3. The lowest BCUT2D eigenvalue weighted by Gasteiger charge is -2.29. The maximum absolute atomic E-state index is 13.0. The van der Waals surface area contributed by atoms with Crippen molar-refractivity contribution >= 4 is 47.1 Å². The first kappa shape index (κ1) is 23.8. The molecular weight excluding hydrogens is 457 g/mol. The second-order valence-electron chi connectivity index (χ2n) is 7.56. The molecule has 0 bridgehead atoms. The van der Waals surface area contributed by atoms with Gasteiger partial charge in [0, 0.05) is 5.38 Å². The van der Waals surface area contributed by atoms with Crippen LogP contribution in [0.4, 0.5) is 5.13 Å². The van der Waals surface area contributed by atoms with E-state index in [0.29, 0.717) is 0 Å². The second kappa shape index (κ2) is 8.95. The lowest BCUT2D eigenvalue weighted by Crippen LogP contribution is -2.54. The van der Waals surface area contributed by atoms with Crippen LogP contribution in [0.25, 0.3) is 0 Å². The number of aromatic carboxylic acids is 1. The Morgan fingerprint density at radius 3 is 2.67 bits per heavy atom. The lowest BCUT2D eigenvalue weighted by atomic mass is 9.72. The van der Waals surface area contributed by atoms with Crippen LogP contribution in [0.1, 0.15) is 35.5 Å². The summed E-state index contributed by atoms with van der Waals surface area (Å²) in [4.78, 5) is 45.0. The van der Waals surface area contributed by atoms with Gasteiger partial charge in [-0.3, -0.25) is 9.59 Å². The summed E-state index contributed by atoms with van der Waals surface area (Å²) < 4.78 is 5.31. The molecule has 1 aromatic heterocycles. The van der Waals surface area contributed by atoms with Crippen molar-refractivity contribution in [3.63, 3.8) is 0 Å². The van der Waals surface area contributed by atoms with Crippen LogP contribution in [0, 0.1) is 0 Å². The number of carbonyl (C=O) groups is 3. The number of phenols is 1. The number of nitrogen functional groups attached to an aromatic ring is 1. The summed E-state index contributed by atoms with van der Waals surface area (Å²) in [5.41, 5.74) is 8.97. The number of amides is 2. The molecule has 0 saturated carbocycles. The number of nitrogens with zero attached hydrogens (tertiary/aromatic N) is 2. The number of carbonyl (C=O) groups excluding carboxylic acids is 2. The molecular formula is C18H20BN5O8S. The van der Waals surface area contributed by atoms with Gasteiger partial charge in [-0.25, -0.2) is 9.78 Å². The number of rotatable bonds is 7.